The number of rotatable bonds is 2. The van der Waals surface area contributed by atoms with Gasteiger partial charge in [-0.05, 0) is 44.5 Å². The summed E-state index contributed by atoms with van der Waals surface area (Å²) in [5.74, 6) is 1.42. The van der Waals surface area contributed by atoms with Gasteiger partial charge in [-0.1, -0.05) is 13.0 Å². The number of carbonyl (C=O) groups is 1. The summed E-state index contributed by atoms with van der Waals surface area (Å²) >= 11 is 0. The molecule has 5 heteroatoms. The fourth-order valence-corrected chi connectivity index (χ4v) is 5.12. The van der Waals surface area contributed by atoms with Crippen LogP contribution in [0.4, 0.5) is 0 Å². The number of likely N-dealkylation sites (tertiary alicyclic amines) is 1. The molecule has 130 valence electrons. The molecular weight excluding hydrogens is 306 g/mol. The summed E-state index contributed by atoms with van der Waals surface area (Å²) in [6, 6.07) is 3.96. The van der Waals surface area contributed by atoms with Crippen LogP contribution >= 0.6 is 0 Å². The molecule has 1 saturated carbocycles. The molecule has 5 nitrogen and oxygen atoms in total. The molecule has 0 amide bonds. The minimum atomic E-state index is -0.944. The Balaban J connectivity index is 2.00. The topological polar surface area (TPSA) is 59.0 Å². The van der Waals surface area contributed by atoms with Crippen LogP contribution in [0.15, 0.2) is 12.1 Å². The molecule has 0 bridgehead atoms. The molecule has 4 rings (SSSR count). The van der Waals surface area contributed by atoms with Crippen molar-refractivity contribution in [2.45, 2.75) is 49.7 Å². The first-order valence-electron chi connectivity index (χ1n) is 8.77. The summed E-state index contributed by atoms with van der Waals surface area (Å²) in [7, 11) is 3.65. The lowest BCUT2D eigenvalue weighted by Gasteiger charge is -2.55. The Morgan fingerprint density at radius 2 is 2.21 bits per heavy atom. The van der Waals surface area contributed by atoms with Crippen LogP contribution in [-0.4, -0.2) is 54.7 Å². The highest BCUT2D eigenvalue weighted by Crippen LogP contribution is 2.60. The SMILES string of the molecule is CCc1ccc(OC)c2c1[C@]13CCN(C)C[C@]1(O)CCC(=O)[C@@H]3O2. The van der Waals surface area contributed by atoms with Crippen molar-refractivity contribution in [1.29, 1.82) is 0 Å². The van der Waals surface area contributed by atoms with Gasteiger partial charge < -0.3 is 19.5 Å². The maximum absolute atomic E-state index is 12.7. The molecule has 1 spiro atoms. The zero-order valence-electron chi connectivity index (χ0n) is 14.6. The number of ketones is 1. The number of fused-ring (bicyclic) bond motifs is 1. The van der Waals surface area contributed by atoms with Crippen molar-refractivity contribution in [2.24, 2.45) is 0 Å². The lowest BCUT2D eigenvalue weighted by Crippen LogP contribution is -2.70. The molecule has 1 saturated heterocycles. The van der Waals surface area contributed by atoms with E-state index in [1.54, 1.807) is 7.11 Å². The van der Waals surface area contributed by atoms with Crippen molar-refractivity contribution in [3.63, 3.8) is 0 Å². The predicted octanol–water partition coefficient (Wildman–Crippen LogP) is 1.69. The summed E-state index contributed by atoms with van der Waals surface area (Å²) < 4.78 is 11.7. The van der Waals surface area contributed by atoms with Crippen LogP contribution in [0, 0.1) is 0 Å². The van der Waals surface area contributed by atoms with Crippen LogP contribution < -0.4 is 9.47 Å². The summed E-state index contributed by atoms with van der Waals surface area (Å²) in [4.78, 5) is 14.9. The van der Waals surface area contributed by atoms with Crippen molar-refractivity contribution in [3.8, 4) is 11.5 Å². The number of methoxy groups -OCH3 is 1. The van der Waals surface area contributed by atoms with Gasteiger partial charge in [-0.3, -0.25) is 4.79 Å². The van der Waals surface area contributed by atoms with E-state index in [0.717, 1.165) is 30.5 Å². The van der Waals surface area contributed by atoms with Crippen LogP contribution in [0.2, 0.25) is 0 Å². The molecular formula is C19H25NO4. The van der Waals surface area contributed by atoms with E-state index in [-0.39, 0.29) is 5.78 Å². The summed E-state index contributed by atoms with van der Waals surface area (Å²) in [6.45, 7) is 3.51. The van der Waals surface area contributed by atoms with Gasteiger partial charge in [0, 0.05) is 18.5 Å². The molecule has 1 aliphatic carbocycles. The Hall–Kier alpha value is -1.59. The minimum Gasteiger partial charge on any atom is -0.493 e. The molecule has 1 N–H and O–H groups in total. The number of aryl methyl sites for hydroxylation is 1. The van der Waals surface area contributed by atoms with E-state index >= 15 is 0 Å². The molecule has 2 heterocycles. The van der Waals surface area contributed by atoms with Crippen LogP contribution in [0.25, 0.3) is 0 Å². The largest absolute Gasteiger partial charge is 0.493 e. The van der Waals surface area contributed by atoms with E-state index in [0.29, 0.717) is 30.9 Å². The standard InChI is InChI=1S/C19H25NO4/c1-4-12-5-6-14(23-3)16-15(12)19-9-10-20(2)11-18(19,22)8-7-13(21)17(19)24-16/h5-6,17,22H,4,7-11H2,1-3H3/t17-,18+,19-/m0/s1. The van der Waals surface area contributed by atoms with Gasteiger partial charge in [0.15, 0.2) is 23.4 Å². The van der Waals surface area contributed by atoms with Gasteiger partial charge in [0.2, 0.25) is 0 Å². The second kappa shape index (κ2) is 5.20. The predicted molar refractivity (Wildman–Crippen MR) is 89.8 cm³/mol. The fraction of sp³-hybridized carbons (Fsp3) is 0.632. The molecule has 0 radical (unpaired) electrons. The summed E-state index contributed by atoms with van der Waals surface area (Å²) in [5.41, 5.74) is 0.563. The molecule has 0 aromatic heterocycles. The smallest absolute Gasteiger partial charge is 0.174 e. The number of piperidine rings is 1. The Kier molecular flexibility index (Phi) is 3.45. The van der Waals surface area contributed by atoms with Crippen LogP contribution in [0.5, 0.6) is 11.5 Å². The Bertz CT molecular complexity index is 703. The van der Waals surface area contributed by atoms with Crippen LogP contribution in [0.1, 0.15) is 37.3 Å². The van der Waals surface area contributed by atoms with Gasteiger partial charge in [0.05, 0.1) is 18.1 Å². The van der Waals surface area contributed by atoms with E-state index in [9.17, 15) is 9.90 Å². The van der Waals surface area contributed by atoms with E-state index in [4.69, 9.17) is 9.47 Å². The van der Waals surface area contributed by atoms with Crippen molar-refractivity contribution in [1.82, 2.24) is 4.90 Å². The second-order valence-corrected chi connectivity index (χ2v) is 7.44. The zero-order chi connectivity index (χ0) is 17.1. The lowest BCUT2D eigenvalue weighted by molar-refractivity contribution is -0.162. The zero-order valence-corrected chi connectivity index (χ0v) is 14.6. The molecule has 3 atom stereocenters. The highest BCUT2D eigenvalue weighted by Gasteiger charge is 2.68. The molecule has 2 fully saturated rings. The number of Topliss-reactive ketones (excluding diaryl/α,β-unsaturated/α-hetero) is 1. The third-order valence-electron chi connectivity index (χ3n) is 6.27. The number of hydrogen-bond donors (Lipinski definition) is 1. The number of likely N-dealkylation sites (N-methyl/N-ethyl adjacent to an activating group) is 1. The van der Waals surface area contributed by atoms with E-state index in [2.05, 4.69) is 17.9 Å². The molecule has 0 unspecified atom stereocenters. The minimum absolute atomic E-state index is 0.101. The van der Waals surface area contributed by atoms with Gasteiger partial charge in [0.25, 0.3) is 0 Å². The van der Waals surface area contributed by atoms with Gasteiger partial charge in [-0.15, -0.1) is 0 Å². The number of nitrogens with zero attached hydrogens (tertiary/aromatic N) is 1. The Morgan fingerprint density at radius 1 is 1.42 bits per heavy atom. The fourth-order valence-electron chi connectivity index (χ4n) is 5.12. The van der Waals surface area contributed by atoms with Gasteiger partial charge >= 0.3 is 0 Å². The third kappa shape index (κ3) is 1.80. The lowest BCUT2D eigenvalue weighted by atomic mass is 9.54. The van der Waals surface area contributed by atoms with Crippen molar-refractivity contribution < 1.29 is 19.4 Å². The number of hydrogen-bond acceptors (Lipinski definition) is 5. The van der Waals surface area contributed by atoms with Crippen molar-refractivity contribution >= 4 is 5.78 Å². The van der Waals surface area contributed by atoms with Crippen LogP contribution in [0.3, 0.4) is 0 Å². The number of carbonyl (C=O) groups excluding carboxylic acids is 1. The Labute approximate surface area is 142 Å². The maximum Gasteiger partial charge on any atom is 0.174 e. The van der Waals surface area contributed by atoms with Crippen molar-refractivity contribution in [2.75, 3.05) is 27.2 Å². The normalized spacial score (nSPS) is 35.0. The van der Waals surface area contributed by atoms with Gasteiger partial charge in [-0.2, -0.15) is 0 Å². The third-order valence-corrected chi connectivity index (χ3v) is 6.27. The number of ether oxygens (including phenoxy) is 2. The first-order valence-corrected chi connectivity index (χ1v) is 8.77. The summed E-state index contributed by atoms with van der Waals surface area (Å²) in [5, 5.41) is 11.7. The quantitative estimate of drug-likeness (QED) is 0.894. The highest BCUT2D eigenvalue weighted by atomic mass is 16.5. The molecule has 24 heavy (non-hydrogen) atoms. The first kappa shape index (κ1) is 15.9. The average Bonchev–Trinajstić information content (AvgIpc) is 2.93. The second-order valence-electron chi connectivity index (χ2n) is 7.44. The molecule has 3 aliphatic rings. The first-order chi connectivity index (χ1) is 11.5. The molecule has 1 aromatic carbocycles. The van der Waals surface area contributed by atoms with E-state index in [1.807, 2.05) is 13.1 Å². The number of β-amino-alcohol motifs (C(OH)–C–C–N with tert-alkyl or cyclic N) is 1. The van der Waals surface area contributed by atoms with E-state index in [1.165, 1.54) is 0 Å². The summed E-state index contributed by atoms with van der Waals surface area (Å²) in [6.07, 6.45) is 1.83. The van der Waals surface area contributed by atoms with Crippen LogP contribution in [-0.2, 0) is 16.6 Å². The monoisotopic (exact) mass is 331 g/mol. The average molecular weight is 331 g/mol. The number of benzene rings is 1. The van der Waals surface area contributed by atoms with Crippen molar-refractivity contribution in [3.05, 3.63) is 23.3 Å². The van der Waals surface area contributed by atoms with Gasteiger partial charge in [0.1, 0.15) is 0 Å². The van der Waals surface area contributed by atoms with E-state index < -0.39 is 17.1 Å². The maximum atomic E-state index is 12.7. The molecule has 1 aromatic rings. The highest BCUT2D eigenvalue weighted by molar-refractivity contribution is 5.89. The van der Waals surface area contributed by atoms with Gasteiger partial charge in [-0.25, -0.2) is 0 Å². The number of aliphatic hydroxyl groups is 1. The Morgan fingerprint density at radius 3 is 2.92 bits per heavy atom. The molecule has 2 aliphatic heterocycles.